The highest BCUT2D eigenvalue weighted by Gasteiger charge is 2.47. The lowest BCUT2D eigenvalue weighted by Crippen LogP contribution is -2.29. The largest absolute Gasteiger partial charge is 0.507 e. The molecule has 4 rings (SSSR count). The number of carbonyl (C=O) groups is 2. The molecular formula is C27H23F2NO4. The number of halogens is 2. The second-order valence-electron chi connectivity index (χ2n) is 8.40. The summed E-state index contributed by atoms with van der Waals surface area (Å²) in [5.74, 6) is -2.61. The lowest BCUT2D eigenvalue weighted by molar-refractivity contribution is -0.132. The minimum atomic E-state index is -1.23. The Morgan fingerprint density at radius 1 is 0.971 bits per heavy atom. The highest BCUT2D eigenvalue weighted by Crippen LogP contribution is 2.43. The van der Waals surface area contributed by atoms with Gasteiger partial charge in [-0.25, -0.2) is 8.78 Å². The molecule has 1 heterocycles. The van der Waals surface area contributed by atoms with Crippen LogP contribution in [0.4, 0.5) is 14.5 Å². The molecule has 0 saturated carbocycles. The summed E-state index contributed by atoms with van der Waals surface area (Å²) >= 11 is 0. The van der Waals surface area contributed by atoms with E-state index in [9.17, 15) is 23.5 Å². The number of aliphatic hydroxyl groups excluding tert-OH is 1. The molecular weight excluding hydrogens is 440 g/mol. The van der Waals surface area contributed by atoms with E-state index in [4.69, 9.17) is 4.74 Å². The molecule has 3 aromatic carbocycles. The molecule has 1 unspecified atom stereocenters. The predicted molar refractivity (Wildman–Crippen MR) is 124 cm³/mol. The molecule has 1 N–H and O–H groups in total. The third-order valence-corrected chi connectivity index (χ3v) is 5.46. The van der Waals surface area contributed by atoms with Crippen LogP contribution in [0.2, 0.25) is 0 Å². The van der Waals surface area contributed by atoms with Gasteiger partial charge in [-0.3, -0.25) is 14.5 Å². The Hall–Kier alpha value is -4.00. The van der Waals surface area contributed by atoms with Crippen molar-refractivity contribution in [1.29, 1.82) is 0 Å². The van der Waals surface area contributed by atoms with Crippen molar-refractivity contribution in [3.63, 3.8) is 0 Å². The minimum absolute atomic E-state index is 0.0319. The SMILES string of the molecule is CC(C)COc1ccc(/C(O)=C2/C(=O)C(=O)N(c3ccc(F)cc3)C2c2ccccc2F)cc1. The van der Waals surface area contributed by atoms with E-state index in [1.54, 1.807) is 30.3 Å². The fourth-order valence-electron chi connectivity index (χ4n) is 3.82. The van der Waals surface area contributed by atoms with Gasteiger partial charge in [0.15, 0.2) is 0 Å². The van der Waals surface area contributed by atoms with Crippen molar-refractivity contribution in [2.75, 3.05) is 11.5 Å². The second-order valence-corrected chi connectivity index (χ2v) is 8.40. The predicted octanol–water partition coefficient (Wildman–Crippen LogP) is 5.63. The van der Waals surface area contributed by atoms with Crippen molar-refractivity contribution in [3.05, 3.63) is 101 Å². The number of aliphatic hydroxyl groups is 1. The highest BCUT2D eigenvalue weighted by atomic mass is 19.1. The maximum Gasteiger partial charge on any atom is 0.300 e. The van der Waals surface area contributed by atoms with Gasteiger partial charge in [-0.2, -0.15) is 0 Å². The third kappa shape index (κ3) is 4.41. The van der Waals surface area contributed by atoms with Gasteiger partial charge >= 0.3 is 0 Å². The Morgan fingerprint density at radius 3 is 2.24 bits per heavy atom. The topological polar surface area (TPSA) is 66.8 Å². The number of ether oxygens (including phenoxy) is 1. The van der Waals surface area contributed by atoms with Gasteiger partial charge in [0.1, 0.15) is 23.1 Å². The number of rotatable bonds is 6. The van der Waals surface area contributed by atoms with Crippen molar-refractivity contribution in [3.8, 4) is 5.75 Å². The van der Waals surface area contributed by atoms with Gasteiger partial charge in [0.2, 0.25) is 0 Å². The lowest BCUT2D eigenvalue weighted by Gasteiger charge is -2.25. The maximum atomic E-state index is 14.9. The van der Waals surface area contributed by atoms with Gasteiger partial charge in [-0.1, -0.05) is 32.0 Å². The Balaban J connectivity index is 1.83. The summed E-state index contributed by atoms with van der Waals surface area (Å²) < 4.78 is 34.0. The van der Waals surface area contributed by atoms with E-state index in [1.807, 2.05) is 13.8 Å². The normalized spacial score (nSPS) is 17.4. The minimum Gasteiger partial charge on any atom is -0.507 e. The molecule has 5 nitrogen and oxygen atoms in total. The van der Waals surface area contributed by atoms with E-state index < -0.39 is 35.1 Å². The lowest BCUT2D eigenvalue weighted by atomic mass is 9.94. The molecule has 1 aliphatic rings. The molecule has 3 aromatic rings. The molecule has 174 valence electrons. The molecule has 1 atom stereocenters. The van der Waals surface area contributed by atoms with E-state index >= 15 is 0 Å². The quantitative estimate of drug-likeness (QED) is 0.293. The van der Waals surface area contributed by atoms with Crippen molar-refractivity contribution in [2.24, 2.45) is 5.92 Å². The van der Waals surface area contributed by atoms with Crippen molar-refractivity contribution in [1.82, 2.24) is 0 Å². The summed E-state index contributed by atoms with van der Waals surface area (Å²) in [7, 11) is 0. The number of hydrogen-bond donors (Lipinski definition) is 1. The van der Waals surface area contributed by atoms with Crippen LogP contribution in [0.25, 0.3) is 5.76 Å². The first kappa shape index (κ1) is 23.2. The van der Waals surface area contributed by atoms with Crippen LogP contribution in [0.15, 0.2) is 78.4 Å². The molecule has 7 heteroatoms. The van der Waals surface area contributed by atoms with Crippen LogP contribution >= 0.6 is 0 Å². The zero-order chi connectivity index (χ0) is 24.4. The summed E-state index contributed by atoms with van der Waals surface area (Å²) in [6, 6.07) is 15.8. The van der Waals surface area contributed by atoms with Gasteiger partial charge < -0.3 is 9.84 Å². The van der Waals surface area contributed by atoms with Gasteiger partial charge in [-0.05, 0) is 60.5 Å². The molecule has 1 saturated heterocycles. The smallest absolute Gasteiger partial charge is 0.300 e. The second kappa shape index (κ2) is 9.47. The number of ketones is 1. The van der Waals surface area contributed by atoms with Crippen molar-refractivity contribution in [2.45, 2.75) is 19.9 Å². The van der Waals surface area contributed by atoms with Crippen LogP contribution in [0.5, 0.6) is 5.75 Å². The fraction of sp³-hybridized carbons (Fsp3) is 0.185. The van der Waals surface area contributed by atoms with Gasteiger partial charge in [0.25, 0.3) is 11.7 Å². The standard InChI is InChI=1S/C27H23F2NO4/c1-16(2)15-34-20-13-7-17(8-14-20)25(31)23-24(21-5-3-4-6-22(21)29)30(27(33)26(23)32)19-11-9-18(28)10-12-19/h3-14,16,24,31H,15H2,1-2H3/b25-23-. The van der Waals surface area contributed by atoms with Crippen LogP contribution in [0, 0.1) is 17.6 Å². The zero-order valence-corrected chi connectivity index (χ0v) is 18.7. The summed E-state index contributed by atoms with van der Waals surface area (Å²) in [6.45, 7) is 4.55. The molecule has 1 aliphatic heterocycles. The Morgan fingerprint density at radius 2 is 1.62 bits per heavy atom. The molecule has 0 aromatic heterocycles. The number of Topliss-reactive ketones (excluding diaryl/α,β-unsaturated/α-hetero) is 1. The molecule has 0 bridgehead atoms. The highest BCUT2D eigenvalue weighted by molar-refractivity contribution is 6.51. The maximum absolute atomic E-state index is 14.9. The number of nitrogens with zero attached hydrogens (tertiary/aromatic N) is 1. The average Bonchev–Trinajstić information content (AvgIpc) is 3.09. The van der Waals surface area contributed by atoms with E-state index in [0.29, 0.717) is 18.3 Å². The number of benzene rings is 3. The van der Waals surface area contributed by atoms with E-state index in [1.165, 1.54) is 30.3 Å². The first-order chi connectivity index (χ1) is 16.3. The van der Waals surface area contributed by atoms with Gasteiger partial charge in [-0.15, -0.1) is 0 Å². The van der Waals surface area contributed by atoms with E-state index in [-0.39, 0.29) is 22.4 Å². The van der Waals surface area contributed by atoms with Gasteiger partial charge in [0.05, 0.1) is 18.2 Å². The molecule has 0 radical (unpaired) electrons. The number of anilines is 1. The first-order valence-electron chi connectivity index (χ1n) is 10.8. The molecule has 34 heavy (non-hydrogen) atoms. The Bertz CT molecular complexity index is 1250. The Labute approximate surface area is 195 Å². The third-order valence-electron chi connectivity index (χ3n) is 5.46. The Kier molecular flexibility index (Phi) is 6.45. The summed E-state index contributed by atoms with van der Waals surface area (Å²) in [4.78, 5) is 27.2. The molecule has 1 amide bonds. The van der Waals surface area contributed by atoms with Crippen LogP contribution < -0.4 is 9.64 Å². The van der Waals surface area contributed by atoms with E-state index in [2.05, 4.69) is 0 Å². The monoisotopic (exact) mass is 463 g/mol. The molecule has 0 aliphatic carbocycles. The number of amides is 1. The van der Waals surface area contributed by atoms with Gasteiger partial charge in [0, 0.05) is 16.8 Å². The van der Waals surface area contributed by atoms with Crippen molar-refractivity contribution >= 4 is 23.1 Å². The van der Waals surface area contributed by atoms with Crippen LogP contribution in [-0.2, 0) is 9.59 Å². The van der Waals surface area contributed by atoms with Crippen LogP contribution in [-0.4, -0.2) is 23.4 Å². The summed E-state index contributed by atoms with van der Waals surface area (Å²) in [5, 5.41) is 11.1. The van der Waals surface area contributed by atoms with Crippen molar-refractivity contribution < 1.29 is 28.2 Å². The number of hydrogen-bond acceptors (Lipinski definition) is 4. The van der Waals surface area contributed by atoms with Crippen LogP contribution in [0.3, 0.4) is 0 Å². The summed E-state index contributed by atoms with van der Waals surface area (Å²) in [6.07, 6.45) is 0. The van der Waals surface area contributed by atoms with Crippen LogP contribution in [0.1, 0.15) is 31.0 Å². The van der Waals surface area contributed by atoms with E-state index in [0.717, 1.165) is 17.0 Å². The molecule has 1 fully saturated rings. The fourth-order valence-corrected chi connectivity index (χ4v) is 3.82. The summed E-state index contributed by atoms with van der Waals surface area (Å²) in [5.41, 5.74) is 0.253. The number of carbonyl (C=O) groups excluding carboxylic acids is 2. The zero-order valence-electron chi connectivity index (χ0n) is 18.7. The molecule has 0 spiro atoms. The first-order valence-corrected chi connectivity index (χ1v) is 10.8. The average molecular weight is 463 g/mol.